The minimum Gasteiger partial charge on any atom is -0.444 e. The molecule has 0 atom stereocenters. The molecule has 0 bridgehead atoms. The van der Waals surface area contributed by atoms with Crippen LogP contribution in [0.3, 0.4) is 0 Å². The van der Waals surface area contributed by atoms with E-state index in [-0.39, 0.29) is 13.2 Å². The molecule has 0 aromatic carbocycles. The summed E-state index contributed by atoms with van der Waals surface area (Å²) in [4.78, 5) is 15.9. The molecule has 0 unspecified atom stereocenters. The normalized spacial score (nSPS) is 11.3. The van der Waals surface area contributed by atoms with Gasteiger partial charge in [0, 0.05) is 24.0 Å². The molecule has 0 saturated heterocycles. The highest BCUT2D eigenvalue weighted by Crippen LogP contribution is 2.21. The number of amides is 1. The number of aliphatic hydroxyl groups excluding tert-OH is 1. The molecule has 0 saturated carbocycles. The third-order valence-corrected chi connectivity index (χ3v) is 2.68. The van der Waals surface area contributed by atoms with Crippen LogP contribution in [-0.4, -0.2) is 38.2 Å². The van der Waals surface area contributed by atoms with Crippen molar-refractivity contribution in [1.82, 2.24) is 14.8 Å². The SMILES string of the molecule is CC(C)(C)OC(=O)Nc1cc(-c2cccnc2)nn1CCO. The molecule has 0 aliphatic heterocycles. The smallest absolute Gasteiger partial charge is 0.413 e. The van der Waals surface area contributed by atoms with Crippen molar-refractivity contribution in [2.45, 2.75) is 32.9 Å². The molecule has 7 nitrogen and oxygen atoms in total. The largest absolute Gasteiger partial charge is 0.444 e. The number of ether oxygens (including phenoxy) is 1. The van der Waals surface area contributed by atoms with Crippen molar-refractivity contribution < 1.29 is 14.6 Å². The van der Waals surface area contributed by atoms with Gasteiger partial charge in [-0.3, -0.25) is 10.3 Å². The van der Waals surface area contributed by atoms with E-state index < -0.39 is 11.7 Å². The van der Waals surface area contributed by atoms with Gasteiger partial charge in [-0.15, -0.1) is 0 Å². The van der Waals surface area contributed by atoms with Crippen molar-refractivity contribution >= 4 is 11.9 Å². The van der Waals surface area contributed by atoms with Crippen LogP contribution in [0.4, 0.5) is 10.6 Å². The van der Waals surface area contributed by atoms with Gasteiger partial charge in [0.1, 0.15) is 11.4 Å². The van der Waals surface area contributed by atoms with Crippen LogP contribution < -0.4 is 5.32 Å². The lowest BCUT2D eigenvalue weighted by Crippen LogP contribution is -2.28. The van der Waals surface area contributed by atoms with Gasteiger partial charge in [-0.05, 0) is 32.9 Å². The van der Waals surface area contributed by atoms with E-state index in [0.717, 1.165) is 5.56 Å². The monoisotopic (exact) mass is 304 g/mol. The summed E-state index contributed by atoms with van der Waals surface area (Å²) in [5, 5.41) is 16.1. The predicted octanol–water partition coefficient (Wildman–Crippen LogP) is 2.28. The maximum atomic E-state index is 11.9. The summed E-state index contributed by atoms with van der Waals surface area (Å²) in [6.07, 6.45) is 2.79. The number of carbonyl (C=O) groups is 1. The summed E-state index contributed by atoms with van der Waals surface area (Å²) in [5.74, 6) is 0.460. The lowest BCUT2D eigenvalue weighted by molar-refractivity contribution is 0.0634. The van der Waals surface area contributed by atoms with Gasteiger partial charge in [0.15, 0.2) is 0 Å². The summed E-state index contributed by atoms with van der Waals surface area (Å²) in [5.41, 5.74) is 0.900. The van der Waals surface area contributed by atoms with E-state index in [4.69, 9.17) is 9.84 Å². The average Bonchev–Trinajstić information content (AvgIpc) is 2.81. The van der Waals surface area contributed by atoms with Crippen LogP contribution in [0.1, 0.15) is 20.8 Å². The van der Waals surface area contributed by atoms with Crippen LogP contribution in [0.15, 0.2) is 30.6 Å². The quantitative estimate of drug-likeness (QED) is 0.904. The van der Waals surface area contributed by atoms with Crippen LogP contribution in [0, 0.1) is 0 Å². The molecular weight excluding hydrogens is 284 g/mol. The Morgan fingerprint density at radius 3 is 2.82 bits per heavy atom. The minimum absolute atomic E-state index is 0.0862. The number of hydrogen-bond acceptors (Lipinski definition) is 5. The third-order valence-electron chi connectivity index (χ3n) is 2.68. The zero-order valence-electron chi connectivity index (χ0n) is 12.9. The van der Waals surface area contributed by atoms with E-state index in [9.17, 15) is 4.79 Å². The molecule has 0 aliphatic carbocycles. The molecule has 118 valence electrons. The number of aliphatic hydroxyl groups is 1. The molecule has 2 aromatic rings. The Bertz CT molecular complexity index is 632. The Hall–Kier alpha value is -2.41. The molecule has 7 heteroatoms. The average molecular weight is 304 g/mol. The van der Waals surface area contributed by atoms with Gasteiger partial charge in [-0.1, -0.05) is 0 Å². The first-order valence-corrected chi connectivity index (χ1v) is 6.98. The second kappa shape index (κ2) is 6.57. The minimum atomic E-state index is -0.585. The number of pyridine rings is 1. The van der Waals surface area contributed by atoms with E-state index in [1.807, 2.05) is 6.07 Å². The Labute approximate surface area is 128 Å². The van der Waals surface area contributed by atoms with Crippen LogP contribution in [0.25, 0.3) is 11.3 Å². The van der Waals surface area contributed by atoms with Crippen LogP contribution in [0.5, 0.6) is 0 Å². The fraction of sp³-hybridized carbons (Fsp3) is 0.400. The zero-order valence-corrected chi connectivity index (χ0v) is 12.9. The molecule has 0 spiro atoms. The van der Waals surface area contributed by atoms with Crippen LogP contribution in [0.2, 0.25) is 0 Å². The van der Waals surface area contributed by atoms with Crippen molar-refractivity contribution in [3.8, 4) is 11.3 Å². The van der Waals surface area contributed by atoms with Gasteiger partial charge in [0.25, 0.3) is 0 Å². The van der Waals surface area contributed by atoms with E-state index in [2.05, 4.69) is 15.4 Å². The van der Waals surface area contributed by atoms with Gasteiger partial charge < -0.3 is 9.84 Å². The van der Waals surface area contributed by atoms with Gasteiger partial charge in [-0.2, -0.15) is 5.10 Å². The molecule has 0 fully saturated rings. The third kappa shape index (κ3) is 4.29. The second-order valence-electron chi connectivity index (χ2n) is 5.73. The topological polar surface area (TPSA) is 89.3 Å². The van der Waals surface area contributed by atoms with E-state index in [0.29, 0.717) is 11.5 Å². The molecular formula is C15H20N4O3. The number of hydrogen-bond donors (Lipinski definition) is 2. The summed E-state index contributed by atoms with van der Waals surface area (Å²) in [6.45, 7) is 5.55. The van der Waals surface area contributed by atoms with Crippen LogP contribution >= 0.6 is 0 Å². The van der Waals surface area contributed by atoms with Gasteiger partial charge in [0.05, 0.1) is 18.8 Å². The standard InChI is InChI=1S/C15H20N4O3/c1-15(2,3)22-14(21)17-13-9-12(18-19(13)7-8-20)11-5-4-6-16-10-11/h4-6,9-10,20H,7-8H2,1-3H3,(H,17,21). The van der Waals surface area contributed by atoms with Crippen molar-refractivity contribution in [2.24, 2.45) is 0 Å². The molecule has 2 heterocycles. The summed E-state index contributed by atoms with van der Waals surface area (Å²) in [6, 6.07) is 5.40. The molecule has 0 aliphatic rings. The Balaban J connectivity index is 2.23. The maximum Gasteiger partial charge on any atom is 0.413 e. The molecule has 2 N–H and O–H groups in total. The molecule has 2 aromatic heterocycles. The maximum absolute atomic E-state index is 11.9. The number of anilines is 1. The van der Waals surface area contributed by atoms with E-state index in [1.54, 1.807) is 45.3 Å². The van der Waals surface area contributed by atoms with Crippen molar-refractivity contribution in [3.05, 3.63) is 30.6 Å². The highest BCUT2D eigenvalue weighted by Gasteiger charge is 2.18. The molecule has 1 amide bonds. The summed E-state index contributed by atoms with van der Waals surface area (Å²) < 4.78 is 6.74. The van der Waals surface area contributed by atoms with Crippen molar-refractivity contribution in [2.75, 3.05) is 11.9 Å². The first-order valence-electron chi connectivity index (χ1n) is 6.98. The summed E-state index contributed by atoms with van der Waals surface area (Å²) >= 11 is 0. The zero-order chi connectivity index (χ0) is 16.2. The predicted molar refractivity (Wildman–Crippen MR) is 82.4 cm³/mol. The number of nitrogens with one attached hydrogen (secondary N) is 1. The number of rotatable bonds is 4. The van der Waals surface area contributed by atoms with E-state index in [1.165, 1.54) is 4.68 Å². The Morgan fingerprint density at radius 2 is 2.23 bits per heavy atom. The molecule has 22 heavy (non-hydrogen) atoms. The molecule has 0 radical (unpaired) electrons. The number of carbonyl (C=O) groups excluding carboxylic acids is 1. The van der Waals surface area contributed by atoms with Gasteiger partial charge in [-0.25, -0.2) is 9.48 Å². The number of aromatic nitrogens is 3. The second-order valence-corrected chi connectivity index (χ2v) is 5.73. The van der Waals surface area contributed by atoms with Crippen molar-refractivity contribution in [3.63, 3.8) is 0 Å². The van der Waals surface area contributed by atoms with Crippen molar-refractivity contribution in [1.29, 1.82) is 0 Å². The number of nitrogens with zero attached hydrogens (tertiary/aromatic N) is 3. The van der Waals surface area contributed by atoms with Crippen LogP contribution in [-0.2, 0) is 11.3 Å². The lowest BCUT2D eigenvalue weighted by Gasteiger charge is -2.19. The van der Waals surface area contributed by atoms with E-state index >= 15 is 0 Å². The summed E-state index contributed by atoms with van der Waals surface area (Å²) in [7, 11) is 0. The van der Waals surface area contributed by atoms with Gasteiger partial charge >= 0.3 is 6.09 Å². The first kappa shape index (κ1) is 16.0. The first-order chi connectivity index (χ1) is 10.4. The lowest BCUT2D eigenvalue weighted by atomic mass is 10.2. The Kier molecular flexibility index (Phi) is 4.77. The fourth-order valence-corrected chi connectivity index (χ4v) is 1.85. The highest BCUT2D eigenvalue weighted by molar-refractivity contribution is 5.84. The van der Waals surface area contributed by atoms with Gasteiger partial charge in [0.2, 0.25) is 0 Å². The molecule has 2 rings (SSSR count). The highest BCUT2D eigenvalue weighted by atomic mass is 16.6. The fourth-order valence-electron chi connectivity index (χ4n) is 1.85. The Morgan fingerprint density at radius 1 is 1.45 bits per heavy atom.